The highest BCUT2D eigenvalue weighted by Gasteiger charge is 2.47. The van der Waals surface area contributed by atoms with Gasteiger partial charge in [-0.1, -0.05) is 0 Å². The maximum Gasteiger partial charge on any atom is 0.189 e. The Morgan fingerprint density at radius 3 is 1.74 bits per heavy atom. The van der Waals surface area contributed by atoms with Gasteiger partial charge in [0.15, 0.2) is 12.6 Å². The van der Waals surface area contributed by atoms with Crippen molar-refractivity contribution in [2.24, 2.45) is 0 Å². The minimum absolute atomic E-state index is 0.412. The Labute approximate surface area is 114 Å². The molecular formula is C13H26O6. The van der Waals surface area contributed by atoms with Gasteiger partial charge in [-0.2, -0.15) is 0 Å². The average Bonchev–Trinajstić information content (AvgIpc) is 2.38. The molecule has 0 aliphatic carbocycles. The largest absolute Gasteiger partial charge is 0.373 e. The number of hydrogen-bond acceptors (Lipinski definition) is 6. The lowest BCUT2D eigenvalue weighted by atomic mass is 10.0. The summed E-state index contributed by atoms with van der Waals surface area (Å²) in [7, 11) is 0. The molecule has 6 heteroatoms. The molecule has 1 aliphatic heterocycles. The molecule has 114 valence electrons. The molecule has 0 radical (unpaired) electrons. The lowest BCUT2D eigenvalue weighted by Crippen LogP contribution is -2.60. The Hall–Kier alpha value is -0.240. The van der Waals surface area contributed by atoms with E-state index in [-0.39, 0.29) is 0 Å². The number of aliphatic hydroxyl groups excluding tert-OH is 1. The van der Waals surface area contributed by atoms with Crippen LogP contribution in [0.4, 0.5) is 0 Å². The zero-order valence-corrected chi connectivity index (χ0v) is 12.2. The second-order valence-corrected chi connectivity index (χ2v) is 4.11. The van der Waals surface area contributed by atoms with Crippen molar-refractivity contribution in [3.63, 3.8) is 0 Å². The van der Waals surface area contributed by atoms with Gasteiger partial charge in [-0.05, 0) is 27.7 Å². The van der Waals surface area contributed by atoms with Crippen LogP contribution in [0.5, 0.6) is 0 Å². The number of aliphatic hydroxyl groups is 1. The number of rotatable bonds is 8. The van der Waals surface area contributed by atoms with Crippen LogP contribution in [-0.4, -0.2) is 62.4 Å². The van der Waals surface area contributed by atoms with Gasteiger partial charge in [0, 0.05) is 26.4 Å². The van der Waals surface area contributed by atoms with E-state index >= 15 is 0 Å². The molecular weight excluding hydrogens is 252 g/mol. The molecule has 0 aromatic heterocycles. The number of hydrogen-bond donors (Lipinski definition) is 1. The molecule has 1 saturated heterocycles. The van der Waals surface area contributed by atoms with E-state index in [0.29, 0.717) is 26.4 Å². The summed E-state index contributed by atoms with van der Waals surface area (Å²) < 4.78 is 27.8. The highest BCUT2D eigenvalue weighted by atomic mass is 16.8. The van der Waals surface area contributed by atoms with E-state index in [1.54, 1.807) is 0 Å². The van der Waals surface area contributed by atoms with Gasteiger partial charge in [-0.15, -0.1) is 0 Å². The maximum absolute atomic E-state index is 10.0. The summed E-state index contributed by atoms with van der Waals surface area (Å²) in [5.41, 5.74) is 0. The van der Waals surface area contributed by atoms with Crippen LogP contribution >= 0.6 is 0 Å². The van der Waals surface area contributed by atoms with Crippen LogP contribution < -0.4 is 0 Å². The smallest absolute Gasteiger partial charge is 0.189 e. The van der Waals surface area contributed by atoms with Gasteiger partial charge >= 0.3 is 0 Å². The Morgan fingerprint density at radius 2 is 1.21 bits per heavy atom. The van der Waals surface area contributed by atoms with E-state index in [9.17, 15) is 5.11 Å². The van der Waals surface area contributed by atoms with E-state index in [1.807, 2.05) is 27.7 Å². The fraction of sp³-hybridized carbons (Fsp3) is 1.00. The third-order valence-corrected chi connectivity index (χ3v) is 2.88. The van der Waals surface area contributed by atoms with E-state index in [2.05, 4.69) is 0 Å². The van der Waals surface area contributed by atoms with Crippen molar-refractivity contribution in [2.75, 3.05) is 26.4 Å². The summed E-state index contributed by atoms with van der Waals surface area (Å²) in [5, 5.41) is 10.0. The molecule has 1 heterocycles. The molecule has 1 aliphatic rings. The predicted molar refractivity (Wildman–Crippen MR) is 68.7 cm³/mol. The summed E-state index contributed by atoms with van der Waals surface area (Å²) in [4.78, 5) is 0. The third-order valence-electron chi connectivity index (χ3n) is 2.88. The zero-order valence-electron chi connectivity index (χ0n) is 12.2. The standard InChI is InChI=1S/C13H26O6/c1-5-15-9-10(16-6-2)12(14)19-13(18-8-4)11(9)17-7-3/h9-14H,5-8H2,1-4H3. The van der Waals surface area contributed by atoms with Gasteiger partial charge in [0.1, 0.15) is 18.3 Å². The van der Waals surface area contributed by atoms with Gasteiger partial charge in [-0.3, -0.25) is 0 Å². The molecule has 0 aromatic carbocycles. The Bertz CT molecular complexity index is 237. The molecule has 0 amide bonds. The van der Waals surface area contributed by atoms with Crippen molar-refractivity contribution in [2.45, 2.75) is 58.6 Å². The molecule has 5 atom stereocenters. The zero-order chi connectivity index (χ0) is 14.3. The van der Waals surface area contributed by atoms with Crippen molar-refractivity contribution in [1.29, 1.82) is 0 Å². The monoisotopic (exact) mass is 278 g/mol. The summed E-state index contributed by atoms with van der Waals surface area (Å²) in [6.45, 7) is 9.46. The van der Waals surface area contributed by atoms with Crippen LogP contribution in [0.1, 0.15) is 27.7 Å². The fourth-order valence-electron chi connectivity index (χ4n) is 2.21. The van der Waals surface area contributed by atoms with Gasteiger partial charge < -0.3 is 28.8 Å². The van der Waals surface area contributed by atoms with Gasteiger partial charge in [0.25, 0.3) is 0 Å². The Kier molecular flexibility index (Phi) is 7.82. The highest BCUT2D eigenvalue weighted by Crippen LogP contribution is 2.27. The topological polar surface area (TPSA) is 66.4 Å². The van der Waals surface area contributed by atoms with E-state index in [4.69, 9.17) is 23.7 Å². The second-order valence-electron chi connectivity index (χ2n) is 4.11. The van der Waals surface area contributed by atoms with Crippen molar-refractivity contribution in [3.05, 3.63) is 0 Å². The molecule has 1 N–H and O–H groups in total. The minimum atomic E-state index is -1.08. The quantitative estimate of drug-likeness (QED) is 0.712. The Balaban J connectivity index is 2.85. The van der Waals surface area contributed by atoms with Crippen molar-refractivity contribution in [1.82, 2.24) is 0 Å². The number of ether oxygens (including phenoxy) is 5. The van der Waals surface area contributed by atoms with Crippen LogP contribution in [0.2, 0.25) is 0 Å². The van der Waals surface area contributed by atoms with Crippen LogP contribution in [-0.2, 0) is 23.7 Å². The molecule has 19 heavy (non-hydrogen) atoms. The summed E-state index contributed by atoms with van der Waals surface area (Å²) in [6, 6.07) is 0. The predicted octanol–water partition coefficient (Wildman–Crippen LogP) is 0.913. The van der Waals surface area contributed by atoms with Crippen LogP contribution in [0.3, 0.4) is 0 Å². The van der Waals surface area contributed by atoms with Crippen LogP contribution in [0.25, 0.3) is 0 Å². The van der Waals surface area contributed by atoms with E-state index in [1.165, 1.54) is 0 Å². The van der Waals surface area contributed by atoms with Crippen molar-refractivity contribution >= 4 is 0 Å². The van der Waals surface area contributed by atoms with E-state index < -0.39 is 30.9 Å². The second kappa shape index (κ2) is 8.84. The molecule has 0 spiro atoms. The first-order valence-electron chi connectivity index (χ1n) is 6.99. The highest BCUT2D eigenvalue weighted by molar-refractivity contribution is 4.89. The normalized spacial score (nSPS) is 35.5. The fourth-order valence-corrected chi connectivity index (χ4v) is 2.21. The molecule has 0 aromatic rings. The molecule has 1 rings (SSSR count). The van der Waals surface area contributed by atoms with Crippen LogP contribution in [0.15, 0.2) is 0 Å². The van der Waals surface area contributed by atoms with E-state index in [0.717, 1.165) is 0 Å². The molecule has 5 unspecified atom stereocenters. The first-order valence-corrected chi connectivity index (χ1v) is 6.99. The summed E-state index contributed by atoms with van der Waals surface area (Å²) in [6.07, 6.45) is -3.12. The lowest BCUT2D eigenvalue weighted by Gasteiger charge is -2.43. The van der Waals surface area contributed by atoms with Gasteiger partial charge in [-0.25, -0.2) is 0 Å². The third kappa shape index (κ3) is 4.37. The molecule has 0 bridgehead atoms. The summed E-state index contributed by atoms with van der Waals surface area (Å²) >= 11 is 0. The van der Waals surface area contributed by atoms with Crippen LogP contribution in [0, 0.1) is 0 Å². The molecule has 6 nitrogen and oxygen atoms in total. The van der Waals surface area contributed by atoms with Gasteiger partial charge in [0.05, 0.1) is 0 Å². The maximum atomic E-state index is 10.0. The first-order chi connectivity index (χ1) is 9.19. The Morgan fingerprint density at radius 1 is 0.737 bits per heavy atom. The van der Waals surface area contributed by atoms with Crippen molar-refractivity contribution < 1.29 is 28.8 Å². The van der Waals surface area contributed by atoms with Gasteiger partial charge in [0.2, 0.25) is 0 Å². The molecule has 1 fully saturated rings. The first kappa shape index (κ1) is 16.8. The SMILES string of the molecule is CCOC1OC(O)C(OCC)C(OCC)C1OCC. The summed E-state index contributed by atoms with van der Waals surface area (Å²) in [5.74, 6) is 0. The molecule has 0 saturated carbocycles. The minimum Gasteiger partial charge on any atom is -0.373 e. The lowest BCUT2D eigenvalue weighted by molar-refractivity contribution is -0.355. The average molecular weight is 278 g/mol. The van der Waals surface area contributed by atoms with Crippen molar-refractivity contribution in [3.8, 4) is 0 Å².